The Morgan fingerprint density at radius 2 is 1.35 bits per heavy atom. The number of thioether (sulfide) groups is 1. The van der Waals surface area contributed by atoms with E-state index in [9.17, 15) is 4.79 Å². The fraction of sp³-hybridized carbons (Fsp3) is 0.222. The second-order valence-corrected chi connectivity index (χ2v) is 8.69. The predicted molar refractivity (Wildman–Crippen MR) is 125 cm³/mol. The van der Waals surface area contributed by atoms with E-state index in [4.69, 9.17) is 9.47 Å². The Morgan fingerprint density at radius 1 is 0.806 bits per heavy atom. The van der Waals surface area contributed by atoms with Crippen LogP contribution < -0.4 is 0 Å². The Kier molecular flexibility index (Phi) is 7.72. The van der Waals surface area contributed by atoms with Crippen LogP contribution in [0.4, 0.5) is 0 Å². The molecule has 3 nitrogen and oxygen atoms in total. The molecule has 0 saturated carbocycles. The van der Waals surface area contributed by atoms with Crippen molar-refractivity contribution in [2.75, 3.05) is 0 Å². The Morgan fingerprint density at radius 3 is 1.94 bits per heavy atom. The summed E-state index contributed by atoms with van der Waals surface area (Å²) in [6.45, 7) is 1.00. The third kappa shape index (κ3) is 5.95. The SMILES string of the molecule is O=CC(Sc1ccccc1)C1=CCC(OCc2ccccc2)C1OCc1ccccc1. The van der Waals surface area contributed by atoms with E-state index in [-0.39, 0.29) is 17.5 Å². The number of hydrogen-bond donors (Lipinski definition) is 0. The maximum atomic E-state index is 12.0. The van der Waals surface area contributed by atoms with Crippen LogP contribution in [0.25, 0.3) is 0 Å². The van der Waals surface area contributed by atoms with E-state index in [2.05, 4.69) is 18.2 Å². The van der Waals surface area contributed by atoms with Gasteiger partial charge in [-0.25, -0.2) is 0 Å². The second-order valence-electron chi connectivity index (χ2n) is 7.48. The molecule has 0 bridgehead atoms. The van der Waals surface area contributed by atoms with E-state index in [1.807, 2.05) is 78.9 Å². The first-order valence-electron chi connectivity index (χ1n) is 10.5. The van der Waals surface area contributed by atoms with Gasteiger partial charge in [0.15, 0.2) is 0 Å². The third-order valence-electron chi connectivity index (χ3n) is 5.29. The zero-order valence-electron chi connectivity index (χ0n) is 17.3. The van der Waals surface area contributed by atoms with Crippen LogP contribution in [0.15, 0.2) is 108 Å². The minimum atomic E-state index is -0.298. The molecule has 0 aliphatic heterocycles. The third-order valence-corrected chi connectivity index (χ3v) is 6.47. The van der Waals surface area contributed by atoms with Gasteiger partial charge >= 0.3 is 0 Å². The van der Waals surface area contributed by atoms with Crippen molar-refractivity contribution in [3.63, 3.8) is 0 Å². The van der Waals surface area contributed by atoms with Gasteiger partial charge in [-0.15, -0.1) is 11.8 Å². The average molecular weight is 431 g/mol. The average Bonchev–Trinajstić information content (AvgIpc) is 3.24. The summed E-state index contributed by atoms with van der Waals surface area (Å²) in [5.74, 6) is 0. The maximum absolute atomic E-state index is 12.0. The molecule has 1 aliphatic carbocycles. The molecule has 0 saturated heterocycles. The lowest BCUT2D eigenvalue weighted by molar-refractivity contribution is -0.107. The number of ether oxygens (including phenoxy) is 2. The second kappa shape index (κ2) is 11.1. The van der Waals surface area contributed by atoms with Crippen molar-refractivity contribution < 1.29 is 14.3 Å². The molecule has 3 unspecified atom stereocenters. The van der Waals surface area contributed by atoms with Gasteiger partial charge in [0.2, 0.25) is 0 Å². The van der Waals surface area contributed by atoms with Crippen molar-refractivity contribution >= 4 is 18.0 Å². The number of carbonyl (C=O) groups is 1. The van der Waals surface area contributed by atoms with Gasteiger partial charge in [-0.05, 0) is 35.3 Å². The van der Waals surface area contributed by atoms with Crippen LogP contribution >= 0.6 is 11.8 Å². The minimum Gasteiger partial charge on any atom is -0.370 e. The predicted octanol–water partition coefficient (Wildman–Crippen LogP) is 5.85. The number of carbonyl (C=O) groups excluding carboxylic acids is 1. The molecular formula is C27H26O3S. The highest BCUT2D eigenvalue weighted by Crippen LogP contribution is 2.36. The molecule has 158 valence electrons. The van der Waals surface area contributed by atoms with Gasteiger partial charge in [0.05, 0.1) is 24.6 Å². The number of rotatable bonds is 10. The van der Waals surface area contributed by atoms with Gasteiger partial charge in [-0.2, -0.15) is 0 Å². The van der Waals surface area contributed by atoms with Gasteiger partial charge in [0.1, 0.15) is 12.4 Å². The van der Waals surface area contributed by atoms with E-state index in [1.54, 1.807) is 11.8 Å². The highest BCUT2D eigenvalue weighted by Gasteiger charge is 2.36. The van der Waals surface area contributed by atoms with Gasteiger partial charge in [-0.1, -0.05) is 84.9 Å². The Balaban J connectivity index is 1.48. The first kappa shape index (κ1) is 21.6. The Hall–Kier alpha value is -2.66. The molecule has 0 aromatic heterocycles. The molecule has 0 fully saturated rings. The van der Waals surface area contributed by atoms with Crippen LogP contribution in [0.3, 0.4) is 0 Å². The van der Waals surface area contributed by atoms with Crippen LogP contribution in [-0.4, -0.2) is 23.7 Å². The quantitative estimate of drug-likeness (QED) is 0.230. The standard InChI is InChI=1S/C27H26O3S/c28-18-26(31-23-14-8-3-9-15-23)24-16-17-25(29-19-21-10-4-1-5-11-21)27(24)30-20-22-12-6-2-7-13-22/h1-16,18,25-27H,17,19-20H2. The fourth-order valence-corrected chi connectivity index (χ4v) is 4.73. The summed E-state index contributed by atoms with van der Waals surface area (Å²) in [6, 6.07) is 30.3. The Labute approximate surface area is 188 Å². The molecule has 0 N–H and O–H groups in total. The first-order valence-corrected chi connectivity index (χ1v) is 11.4. The lowest BCUT2D eigenvalue weighted by Crippen LogP contribution is -2.32. The molecule has 4 rings (SSSR count). The number of aldehydes is 1. The van der Waals surface area contributed by atoms with Crippen LogP contribution in [0, 0.1) is 0 Å². The Bertz CT molecular complexity index is 973. The summed E-state index contributed by atoms with van der Waals surface area (Å²) < 4.78 is 12.6. The summed E-state index contributed by atoms with van der Waals surface area (Å²) in [7, 11) is 0. The van der Waals surface area contributed by atoms with Crippen LogP contribution in [0.5, 0.6) is 0 Å². The van der Waals surface area contributed by atoms with E-state index in [0.717, 1.165) is 34.3 Å². The van der Waals surface area contributed by atoms with Crippen molar-refractivity contribution in [2.45, 2.75) is 42.0 Å². The topological polar surface area (TPSA) is 35.5 Å². The summed E-state index contributed by atoms with van der Waals surface area (Å²) in [5, 5.41) is -0.298. The van der Waals surface area contributed by atoms with Gasteiger partial charge < -0.3 is 14.3 Å². The van der Waals surface area contributed by atoms with E-state index < -0.39 is 0 Å². The van der Waals surface area contributed by atoms with Gasteiger partial charge in [0, 0.05) is 4.90 Å². The van der Waals surface area contributed by atoms with E-state index in [0.29, 0.717) is 13.2 Å². The molecule has 0 spiro atoms. The summed E-state index contributed by atoms with van der Waals surface area (Å²) in [5.41, 5.74) is 3.23. The zero-order valence-corrected chi connectivity index (χ0v) is 18.1. The van der Waals surface area contributed by atoms with Crippen molar-refractivity contribution in [2.24, 2.45) is 0 Å². The number of benzene rings is 3. The van der Waals surface area contributed by atoms with Gasteiger partial charge in [0.25, 0.3) is 0 Å². The smallest absolute Gasteiger partial charge is 0.137 e. The molecular weight excluding hydrogens is 404 g/mol. The molecule has 4 heteroatoms. The summed E-state index contributed by atoms with van der Waals surface area (Å²) >= 11 is 1.56. The summed E-state index contributed by atoms with van der Waals surface area (Å²) in [4.78, 5) is 13.1. The van der Waals surface area contributed by atoms with Crippen LogP contribution in [-0.2, 0) is 27.5 Å². The molecule has 3 aromatic rings. The summed E-state index contributed by atoms with van der Waals surface area (Å²) in [6.07, 6.45) is 3.51. The monoisotopic (exact) mass is 430 g/mol. The molecule has 0 heterocycles. The largest absolute Gasteiger partial charge is 0.370 e. The van der Waals surface area contributed by atoms with Crippen LogP contribution in [0.1, 0.15) is 17.5 Å². The van der Waals surface area contributed by atoms with Crippen LogP contribution in [0.2, 0.25) is 0 Å². The molecule has 31 heavy (non-hydrogen) atoms. The highest BCUT2D eigenvalue weighted by atomic mass is 32.2. The normalized spacial score (nSPS) is 19.0. The number of hydrogen-bond acceptors (Lipinski definition) is 4. The fourth-order valence-electron chi connectivity index (χ4n) is 3.70. The van der Waals surface area contributed by atoms with Crippen molar-refractivity contribution in [1.82, 2.24) is 0 Å². The molecule has 3 atom stereocenters. The lowest BCUT2D eigenvalue weighted by Gasteiger charge is -2.26. The van der Waals surface area contributed by atoms with Crippen molar-refractivity contribution in [3.8, 4) is 0 Å². The minimum absolute atomic E-state index is 0.113. The zero-order chi connectivity index (χ0) is 21.3. The van der Waals surface area contributed by atoms with Crippen molar-refractivity contribution in [3.05, 3.63) is 114 Å². The van der Waals surface area contributed by atoms with Crippen molar-refractivity contribution in [1.29, 1.82) is 0 Å². The molecule has 0 radical (unpaired) electrons. The molecule has 3 aromatic carbocycles. The van der Waals surface area contributed by atoms with Gasteiger partial charge in [-0.3, -0.25) is 0 Å². The molecule has 1 aliphatic rings. The van der Waals surface area contributed by atoms with E-state index in [1.165, 1.54) is 0 Å². The first-order chi connectivity index (χ1) is 15.3. The van der Waals surface area contributed by atoms with E-state index >= 15 is 0 Å². The lowest BCUT2D eigenvalue weighted by atomic mass is 10.1. The molecule has 0 amide bonds. The maximum Gasteiger partial charge on any atom is 0.137 e. The highest BCUT2D eigenvalue weighted by molar-refractivity contribution is 8.00.